The lowest BCUT2D eigenvalue weighted by Gasteiger charge is -2.14. The average molecular weight is 733 g/mol. The van der Waals surface area contributed by atoms with Crippen LogP contribution in [0.3, 0.4) is 0 Å². The summed E-state index contributed by atoms with van der Waals surface area (Å²) in [4.78, 5) is 10.7. The highest BCUT2D eigenvalue weighted by atomic mass is 15.2. The molecular formula is C51H36N6. The van der Waals surface area contributed by atoms with Crippen LogP contribution in [0.15, 0.2) is 194 Å². The van der Waals surface area contributed by atoms with Crippen LogP contribution < -0.4 is 5.32 Å². The van der Waals surface area contributed by atoms with Crippen LogP contribution in [0.5, 0.6) is 0 Å². The van der Waals surface area contributed by atoms with Crippen LogP contribution in [-0.4, -0.2) is 23.7 Å². The zero-order valence-electron chi connectivity index (χ0n) is 31.3. The summed E-state index contributed by atoms with van der Waals surface area (Å²) < 4.78 is 6.96. The van der Waals surface area contributed by atoms with Crippen molar-refractivity contribution in [2.45, 2.75) is 6.92 Å². The molecule has 11 aromatic rings. The highest BCUT2D eigenvalue weighted by molar-refractivity contribution is 6.15. The number of fused-ring (bicyclic) bond motifs is 9. The SMILES string of the molecule is C=C(/C=C\C)Nc1nc(-n2c3ccccc3c3ccccc32)c2c(n1)c1cc(-c3ccc4c(c3)c3ccccc3n4-c3ccccc3)ccc1n2-c1ccccc1. The molecule has 6 heteroatoms. The number of nitrogens with one attached hydrogen (secondary N) is 1. The Kier molecular flexibility index (Phi) is 7.44. The van der Waals surface area contributed by atoms with Gasteiger partial charge in [-0.2, -0.15) is 4.98 Å². The predicted molar refractivity (Wildman–Crippen MR) is 238 cm³/mol. The van der Waals surface area contributed by atoms with Crippen molar-refractivity contribution in [1.82, 2.24) is 23.7 Å². The molecule has 11 rings (SSSR count). The predicted octanol–water partition coefficient (Wildman–Crippen LogP) is 12.9. The Bertz CT molecular complexity index is 3350. The maximum Gasteiger partial charge on any atom is 0.229 e. The summed E-state index contributed by atoms with van der Waals surface area (Å²) in [6, 6.07) is 60.5. The summed E-state index contributed by atoms with van der Waals surface area (Å²) in [5, 5.41) is 9.22. The highest BCUT2D eigenvalue weighted by Crippen LogP contribution is 2.41. The van der Waals surface area contributed by atoms with Crippen molar-refractivity contribution in [3.05, 3.63) is 194 Å². The summed E-state index contributed by atoms with van der Waals surface area (Å²) in [5.74, 6) is 1.26. The van der Waals surface area contributed by atoms with Crippen molar-refractivity contribution in [3.63, 3.8) is 0 Å². The fraction of sp³-hybridized carbons (Fsp3) is 0.0196. The van der Waals surface area contributed by atoms with E-state index >= 15 is 0 Å². The van der Waals surface area contributed by atoms with E-state index in [-0.39, 0.29) is 0 Å². The van der Waals surface area contributed by atoms with Crippen LogP contribution in [0.4, 0.5) is 5.95 Å². The second-order valence-corrected chi connectivity index (χ2v) is 14.4. The summed E-state index contributed by atoms with van der Waals surface area (Å²) in [6.07, 6.45) is 3.90. The van der Waals surface area contributed by atoms with E-state index in [0.717, 1.165) is 61.3 Å². The Morgan fingerprint density at radius 1 is 0.491 bits per heavy atom. The molecule has 0 saturated heterocycles. The minimum absolute atomic E-state index is 0.482. The first kappa shape index (κ1) is 32.7. The van der Waals surface area contributed by atoms with Crippen LogP contribution in [0.2, 0.25) is 0 Å². The van der Waals surface area contributed by atoms with E-state index in [1.807, 2.05) is 19.1 Å². The van der Waals surface area contributed by atoms with Crippen molar-refractivity contribution < 1.29 is 0 Å². The number of benzene rings is 7. The lowest BCUT2D eigenvalue weighted by Crippen LogP contribution is -2.08. The first-order chi connectivity index (χ1) is 28.2. The maximum atomic E-state index is 5.34. The Morgan fingerprint density at radius 2 is 0.965 bits per heavy atom. The molecule has 57 heavy (non-hydrogen) atoms. The standard InChI is InChI=1S/C51H36N6/c1-3-16-33(2)52-51-53-48-42-32-35(34-27-29-46-41(31-34)40-23-12-13-24-43(40)55(46)36-17-6-4-7-18-36)28-30-47(42)56(37-19-8-5-9-20-37)49(48)50(54-51)57-44-25-14-10-21-38(44)39-22-11-15-26-45(39)57/h3-32H,2H2,1H3,(H,52,53,54)/b16-3-. The molecule has 4 heterocycles. The second-order valence-electron chi connectivity index (χ2n) is 14.4. The third-order valence-electron chi connectivity index (χ3n) is 11.0. The van der Waals surface area contributed by atoms with E-state index in [0.29, 0.717) is 11.6 Å². The molecule has 0 saturated carbocycles. The smallest absolute Gasteiger partial charge is 0.229 e. The number of anilines is 1. The number of hydrogen-bond donors (Lipinski definition) is 1. The van der Waals surface area contributed by atoms with Crippen molar-refractivity contribution in [2.75, 3.05) is 5.32 Å². The van der Waals surface area contributed by atoms with E-state index in [1.165, 1.54) is 32.6 Å². The normalized spacial score (nSPS) is 11.9. The largest absolute Gasteiger partial charge is 0.325 e. The van der Waals surface area contributed by atoms with E-state index < -0.39 is 0 Å². The van der Waals surface area contributed by atoms with Gasteiger partial charge in [-0.05, 0) is 90.9 Å². The topological polar surface area (TPSA) is 52.6 Å². The van der Waals surface area contributed by atoms with Gasteiger partial charge in [-0.25, -0.2) is 4.98 Å². The monoisotopic (exact) mass is 732 g/mol. The quantitative estimate of drug-likeness (QED) is 0.166. The van der Waals surface area contributed by atoms with Crippen LogP contribution in [-0.2, 0) is 0 Å². The average Bonchev–Trinajstić information content (AvgIpc) is 3.89. The van der Waals surface area contributed by atoms with E-state index in [4.69, 9.17) is 9.97 Å². The first-order valence-corrected chi connectivity index (χ1v) is 19.2. The molecule has 270 valence electrons. The van der Waals surface area contributed by atoms with Crippen molar-refractivity contribution in [2.24, 2.45) is 0 Å². The minimum Gasteiger partial charge on any atom is -0.325 e. The van der Waals surface area contributed by atoms with Gasteiger partial charge in [-0.3, -0.25) is 4.57 Å². The third kappa shape index (κ3) is 5.11. The number of rotatable bonds is 7. The van der Waals surface area contributed by atoms with Gasteiger partial charge in [0, 0.05) is 44.0 Å². The van der Waals surface area contributed by atoms with Gasteiger partial charge in [-0.1, -0.05) is 116 Å². The molecular weight excluding hydrogens is 697 g/mol. The number of hydrogen-bond acceptors (Lipinski definition) is 3. The maximum absolute atomic E-state index is 5.34. The molecule has 4 aromatic heterocycles. The van der Waals surface area contributed by atoms with Crippen LogP contribution >= 0.6 is 0 Å². The minimum atomic E-state index is 0.482. The second kappa shape index (κ2) is 13.0. The molecule has 0 aliphatic heterocycles. The molecule has 6 nitrogen and oxygen atoms in total. The van der Waals surface area contributed by atoms with Gasteiger partial charge in [0.25, 0.3) is 0 Å². The lowest BCUT2D eigenvalue weighted by atomic mass is 10.0. The van der Waals surface area contributed by atoms with E-state index in [9.17, 15) is 0 Å². The van der Waals surface area contributed by atoms with Crippen LogP contribution in [0.25, 0.3) is 93.9 Å². The first-order valence-electron chi connectivity index (χ1n) is 19.2. The van der Waals surface area contributed by atoms with E-state index in [1.54, 1.807) is 0 Å². The van der Waals surface area contributed by atoms with Crippen LogP contribution in [0, 0.1) is 0 Å². The summed E-state index contributed by atoms with van der Waals surface area (Å²) >= 11 is 0. The third-order valence-corrected chi connectivity index (χ3v) is 11.0. The van der Waals surface area contributed by atoms with Gasteiger partial charge < -0.3 is 14.5 Å². The Balaban J connectivity index is 1.22. The zero-order valence-corrected chi connectivity index (χ0v) is 31.3. The summed E-state index contributed by atoms with van der Waals surface area (Å²) in [7, 11) is 0. The van der Waals surface area contributed by atoms with Crippen LogP contribution in [0.1, 0.15) is 6.92 Å². The van der Waals surface area contributed by atoms with Gasteiger partial charge in [0.15, 0.2) is 5.82 Å². The molecule has 0 aliphatic carbocycles. The molecule has 0 radical (unpaired) electrons. The van der Waals surface area contributed by atoms with Gasteiger partial charge in [0.2, 0.25) is 5.95 Å². The van der Waals surface area contributed by atoms with E-state index in [2.05, 4.69) is 195 Å². The molecule has 0 amide bonds. The fourth-order valence-electron chi connectivity index (χ4n) is 8.66. The van der Waals surface area contributed by atoms with Crippen molar-refractivity contribution >= 4 is 71.5 Å². The number of allylic oxidation sites excluding steroid dienone is 2. The lowest BCUT2D eigenvalue weighted by molar-refractivity contribution is 1.04. The number of nitrogens with zero attached hydrogens (tertiary/aromatic N) is 5. The molecule has 0 atom stereocenters. The van der Waals surface area contributed by atoms with Gasteiger partial charge in [-0.15, -0.1) is 0 Å². The molecule has 0 fully saturated rings. The molecule has 0 aliphatic rings. The van der Waals surface area contributed by atoms with Crippen molar-refractivity contribution in [1.29, 1.82) is 0 Å². The Morgan fingerprint density at radius 3 is 1.56 bits per heavy atom. The fourth-order valence-corrected chi connectivity index (χ4v) is 8.66. The summed E-state index contributed by atoms with van der Waals surface area (Å²) in [5.41, 5.74) is 12.5. The molecule has 0 spiro atoms. The Hall–Kier alpha value is -7.70. The Labute approximate surface area is 328 Å². The molecule has 0 unspecified atom stereocenters. The molecule has 1 N–H and O–H groups in total. The highest BCUT2D eigenvalue weighted by Gasteiger charge is 2.24. The number of aromatic nitrogens is 5. The zero-order chi connectivity index (χ0) is 38.0. The van der Waals surface area contributed by atoms with Gasteiger partial charge in [0.1, 0.15) is 11.0 Å². The summed E-state index contributed by atoms with van der Waals surface area (Å²) in [6.45, 7) is 6.24. The van der Waals surface area contributed by atoms with Crippen molar-refractivity contribution in [3.8, 4) is 28.3 Å². The number of para-hydroxylation sites is 5. The van der Waals surface area contributed by atoms with Gasteiger partial charge in [0.05, 0.1) is 27.6 Å². The molecule has 0 bridgehead atoms. The van der Waals surface area contributed by atoms with Gasteiger partial charge >= 0.3 is 0 Å². The molecule has 7 aromatic carbocycles.